The van der Waals surface area contributed by atoms with Crippen molar-refractivity contribution in [3.8, 4) is 0 Å². The van der Waals surface area contributed by atoms with Gasteiger partial charge < -0.3 is 10.2 Å². The molecule has 24 heavy (non-hydrogen) atoms. The van der Waals surface area contributed by atoms with Gasteiger partial charge in [0.15, 0.2) is 0 Å². The molecule has 0 atom stereocenters. The molecule has 0 radical (unpaired) electrons. The van der Waals surface area contributed by atoms with Gasteiger partial charge in [0.2, 0.25) is 0 Å². The highest BCUT2D eigenvalue weighted by Gasteiger charge is 2.24. The lowest BCUT2D eigenvalue weighted by Crippen LogP contribution is -2.31. The Labute approximate surface area is 146 Å². The van der Waals surface area contributed by atoms with Gasteiger partial charge in [-0.3, -0.25) is 9.59 Å². The van der Waals surface area contributed by atoms with Crippen LogP contribution in [0.5, 0.6) is 0 Å². The minimum Gasteiger partial charge on any atom is -0.349 e. The third kappa shape index (κ3) is 3.60. The number of rotatable bonds is 5. The second kappa shape index (κ2) is 7.05. The standard InChI is InChI=1S/C19H19ClN2O2/c1-2-22(17-9-4-3-8-16(17)20)19(24)14-7-5-6-13(12-14)18(23)21-15-10-11-15/h3-9,12,15H,2,10-11H2,1H3,(H,21,23). The molecular formula is C19H19ClN2O2. The Hall–Kier alpha value is -2.33. The lowest BCUT2D eigenvalue weighted by molar-refractivity contribution is 0.0951. The minimum atomic E-state index is -0.174. The number of anilines is 1. The van der Waals surface area contributed by atoms with E-state index in [1.807, 2.05) is 25.1 Å². The van der Waals surface area contributed by atoms with Crippen LogP contribution >= 0.6 is 11.6 Å². The average molecular weight is 343 g/mol. The molecule has 0 bridgehead atoms. The number of carbonyl (C=O) groups excluding carboxylic acids is 2. The molecule has 0 spiro atoms. The minimum absolute atomic E-state index is 0.132. The van der Waals surface area contributed by atoms with Crippen molar-refractivity contribution in [3.05, 3.63) is 64.7 Å². The lowest BCUT2D eigenvalue weighted by atomic mass is 10.1. The molecule has 124 valence electrons. The van der Waals surface area contributed by atoms with Gasteiger partial charge in [0.25, 0.3) is 11.8 Å². The second-order valence-electron chi connectivity index (χ2n) is 5.83. The number of hydrogen-bond donors (Lipinski definition) is 1. The molecule has 0 unspecified atom stereocenters. The van der Waals surface area contributed by atoms with Crippen molar-refractivity contribution < 1.29 is 9.59 Å². The van der Waals surface area contributed by atoms with Crippen molar-refractivity contribution in [2.75, 3.05) is 11.4 Å². The van der Waals surface area contributed by atoms with E-state index in [2.05, 4.69) is 5.32 Å². The zero-order valence-corrected chi connectivity index (χ0v) is 14.2. The molecule has 4 nitrogen and oxygen atoms in total. The molecular weight excluding hydrogens is 324 g/mol. The molecule has 1 N–H and O–H groups in total. The molecule has 0 aliphatic heterocycles. The van der Waals surface area contributed by atoms with Gasteiger partial charge in [-0.2, -0.15) is 0 Å². The van der Waals surface area contributed by atoms with Gasteiger partial charge in [0, 0.05) is 23.7 Å². The van der Waals surface area contributed by atoms with Crippen molar-refractivity contribution in [2.24, 2.45) is 0 Å². The first-order chi connectivity index (χ1) is 11.6. The highest BCUT2D eigenvalue weighted by Crippen LogP contribution is 2.26. The van der Waals surface area contributed by atoms with Gasteiger partial charge in [-0.05, 0) is 50.1 Å². The summed E-state index contributed by atoms with van der Waals surface area (Å²) in [5.41, 5.74) is 1.64. The van der Waals surface area contributed by atoms with Gasteiger partial charge in [-0.25, -0.2) is 0 Å². The summed E-state index contributed by atoms with van der Waals surface area (Å²) in [4.78, 5) is 26.7. The lowest BCUT2D eigenvalue weighted by Gasteiger charge is -2.22. The first kappa shape index (κ1) is 16.5. The van der Waals surface area contributed by atoms with Crippen LogP contribution in [0.25, 0.3) is 0 Å². The summed E-state index contributed by atoms with van der Waals surface area (Å²) >= 11 is 6.22. The third-order valence-corrected chi connectivity index (χ3v) is 4.31. The number of nitrogens with zero attached hydrogens (tertiary/aromatic N) is 1. The van der Waals surface area contributed by atoms with Gasteiger partial charge in [0.05, 0.1) is 10.7 Å². The maximum absolute atomic E-state index is 12.9. The molecule has 1 aliphatic rings. The molecule has 0 saturated heterocycles. The zero-order valence-electron chi connectivity index (χ0n) is 13.5. The van der Waals surface area contributed by atoms with Crippen LogP contribution in [0, 0.1) is 0 Å². The summed E-state index contributed by atoms with van der Waals surface area (Å²) in [6.45, 7) is 2.38. The number of amides is 2. The van der Waals surface area contributed by atoms with E-state index in [0.29, 0.717) is 28.4 Å². The van der Waals surface area contributed by atoms with Crippen molar-refractivity contribution in [1.82, 2.24) is 5.32 Å². The Morgan fingerprint density at radius 1 is 1.12 bits per heavy atom. The largest absolute Gasteiger partial charge is 0.349 e. The van der Waals surface area contributed by atoms with Crippen LogP contribution in [0.15, 0.2) is 48.5 Å². The van der Waals surface area contributed by atoms with Gasteiger partial charge >= 0.3 is 0 Å². The number of benzene rings is 2. The molecule has 1 saturated carbocycles. The Kier molecular flexibility index (Phi) is 4.86. The summed E-state index contributed by atoms with van der Waals surface area (Å²) in [6, 6.07) is 14.3. The quantitative estimate of drug-likeness (QED) is 0.895. The first-order valence-electron chi connectivity index (χ1n) is 8.07. The molecule has 0 aromatic heterocycles. The van der Waals surface area contributed by atoms with E-state index >= 15 is 0 Å². The fourth-order valence-electron chi connectivity index (χ4n) is 2.54. The maximum atomic E-state index is 12.9. The number of nitrogens with one attached hydrogen (secondary N) is 1. The van der Waals surface area contributed by atoms with Gasteiger partial charge in [0.1, 0.15) is 0 Å². The maximum Gasteiger partial charge on any atom is 0.258 e. The number of hydrogen-bond acceptors (Lipinski definition) is 2. The van der Waals surface area contributed by atoms with Gasteiger partial charge in [-0.15, -0.1) is 0 Å². The molecule has 2 aromatic rings. The van der Waals surface area contributed by atoms with Crippen LogP contribution in [-0.4, -0.2) is 24.4 Å². The van der Waals surface area contributed by atoms with Crippen LogP contribution in [0.3, 0.4) is 0 Å². The first-order valence-corrected chi connectivity index (χ1v) is 8.45. The van der Waals surface area contributed by atoms with E-state index in [0.717, 1.165) is 12.8 Å². The van der Waals surface area contributed by atoms with Gasteiger partial charge in [-0.1, -0.05) is 29.8 Å². The zero-order chi connectivity index (χ0) is 17.1. The highest BCUT2D eigenvalue weighted by molar-refractivity contribution is 6.34. The number of para-hydroxylation sites is 1. The SMILES string of the molecule is CCN(C(=O)c1cccc(C(=O)NC2CC2)c1)c1ccccc1Cl. The topological polar surface area (TPSA) is 49.4 Å². The predicted molar refractivity (Wildman–Crippen MR) is 95.7 cm³/mol. The Morgan fingerprint density at radius 3 is 2.50 bits per heavy atom. The van der Waals surface area contributed by atoms with E-state index < -0.39 is 0 Å². The predicted octanol–water partition coefficient (Wildman–Crippen LogP) is 3.90. The average Bonchev–Trinajstić information content (AvgIpc) is 3.41. The summed E-state index contributed by atoms with van der Waals surface area (Å²) in [6.07, 6.45) is 2.06. The van der Waals surface area contributed by atoms with E-state index in [1.165, 1.54) is 0 Å². The number of carbonyl (C=O) groups is 2. The Morgan fingerprint density at radius 2 is 1.83 bits per heavy atom. The Balaban J connectivity index is 1.85. The van der Waals surface area contributed by atoms with Crippen LogP contribution in [0.1, 0.15) is 40.5 Å². The molecule has 2 amide bonds. The Bertz CT molecular complexity index is 771. The van der Waals surface area contributed by atoms with E-state index in [4.69, 9.17) is 11.6 Å². The molecule has 2 aromatic carbocycles. The normalized spacial score (nSPS) is 13.4. The van der Waals surface area contributed by atoms with Crippen molar-refractivity contribution in [3.63, 3.8) is 0 Å². The fraction of sp³-hybridized carbons (Fsp3) is 0.263. The summed E-state index contributed by atoms with van der Waals surface area (Å²) in [7, 11) is 0. The second-order valence-corrected chi connectivity index (χ2v) is 6.24. The van der Waals surface area contributed by atoms with Crippen LogP contribution in [0.4, 0.5) is 5.69 Å². The fourth-order valence-corrected chi connectivity index (χ4v) is 2.78. The summed E-state index contributed by atoms with van der Waals surface area (Å²) in [5, 5.41) is 3.46. The van der Waals surface area contributed by atoms with E-state index in [1.54, 1.807) is 35.2 Å². The monoisotopic (exact) mass is 342 g/mol. The molecule has 1 fully saturated rings. The third-order valence-electron chi connectivity index (χ3n) is 3.99. The number of halogens is 1. The van der Waals surface area contributed by atoms with Crippen molar-refractivity contribution in [2.45, 2.75) is 25.8 Å². The van der Waals surface area contributed by atoms with E-state index in [-0.39, 0.29) is 17.9 Å². The highest BCUT2D eigenvalue weighted by atomic mass is 35.5. The molecule has 1 aliphatic carbocycles. The van der Waals surface area contributed by atoms with Crippen LogP contribution in [-0.2, 0) is 0 Å². The molecule has 0 heterocycles. The summed E-state index contributed by atoms with van der Waals surface area (Å²) < 4.78 is 0. The molecule has 3 rings (SSSR count). The van der Waals surface area contributed by atoms with Crippen molar-refractivity contribution in [1.29, 1.82) is 0 Å². The molecule has 5 heteroatoms. The van der Waals surface area contributed by atoms with Crippen LogP contribution < -0.4 is 10.2 Å². The van der Waals surface area contributed by atoms with Crippen molar-refractivity contribution >= 4 is 29.1 Å². The summed E-state index contributed by atoms with van der Waals surface area (Å²) in [5.74, 6) is -0.306. The smallest absolute Gasteiger partial charge is 0.258 e. The van der Waals surface area contributed by atoms with Crippen LogP contribution in [0.2, 0.25) is 5.02 Å². The van der Waals surface area contributed by atoms with E-state index in [9.17, 15) is 9.59 Å².